The second-order valence-electron chi connectivity index (χ2n) is 8.40. The normalized spacial score (nSPS) is 29.1. The molecule has 2 bridgehead atoms. The predicted molar refractivity (Wildman–Crippen MR) is 113 cm³/mol. The molecular formula is C23H23NO5S. The standard InChI is InChI=1S/C23H23NO5S/c25-21(26)23(11-14-9-10-15(12-23)30(14)28)24-22(27)29-13-20-18-7-3-1-5-16(18)17-6-2-4-8-19(17)20/h1-8,14-15,20H,9-13H2,(H,24,27)(H,25,26). The van der Waals surface area contributed by atoms with Gasteiger partial charge in [0.05, 0.1) is 0 Å². The lowest BCUT2D eigenvalue weighted by Gasteiger charge is -2.36. The number of rotatable bonds is 4. The van der Waals surface area contributed by atoms with Crippen molar-refractivity contribution in [3.63, 3.8) is 0 Å². The fourth-order valence-electron chi connectivity index (χ4n) is 5.27. The topological polar surface area (TPSA) is 92.7 Å². The molecule has 2 heterocycles. The van der Waals surface area contributed by atoms with E-state index in [9.17, 15) is 18.9 Å². The molecule has 2 unspecified atom stereocenters. The van der Waals surface area contributed by atoms with Gasteiger partial charge in [0.15, 0.2) is 0 Å². The summed E-state index contributed by atoms with van der Waals surface area (Å²) in [5.74, 6) is -1.16. The van der Waals surface area contributed by atoms with Crippen molar-refractivity contribution in [1.29, 1.82) is 0 Å². The van der Waals surface area contributed by atoms with E-state index in [2.05, 4.69) is 17.4 Å². The van der Waals surface area contributed by atoms with Crippen LogP contribution in [0.4, 0.5) is 4.79 Å². The molecule has 0 radical (unpaired) electrons. The maximum atomic E-state index is 12.6. The van der Waals surface area contributed by atoms with Gasteiger partial charge in [0.25, 0.3) is 0 Å². The lowest BCUT2D eigenvalue weighted by atomic mass is 9.89. The maximum Gasteiger partial charge on any atom is 0.408 e. The molecule has 7 heteroatoms. The van der Waals surface area contributed by atoms with Crippen molar-refractivity contribution in [2.45, 2.75) is 47.6 Å². The summed E-state index contributed by atoms with van der Waals surface area (Å²) in [5, 5.41) is 12.1. The van der Waals surface area contributed by atoms with E-state index in [0.29, 0.717) is 0 Å². The van der Waals surface area contributed by atoms with E-state index in [4.69, 9.17) is 4.74 Å². The largest absolute Gasteiger partial charge is 0.480 e. The minimum absolute atomic E-state index is 0.0843. The van der Waals surface area contributed by atoms with Crippen molar-refractivity contribution in [3.05, 3.63) is 59.7 Å². The number of hydrogen-bond acceptors (Lipinski definition) is 4. The molecule has 2 N–H and O–H groups in total. The SMILES string of the molecule is O=C(NC1(C(=O)O)CC2CCC(C1)S2=O)OCC1c2ccccc2-c2ccccc21. The number of carboxylic acids is 1. The number of carbonyl (C=O) groups is 2. The van der Waals surface area contributed by atoms with Crippen molar-refractivity contribution in [2.75, 3.05) is 6.61 Å². The molecular weight excluding hydrogens is 402 g/mol. The van der Waals surface area contributed by atoms with Crippen molar-refractivity contribution in [2.24, 2.45) is 0 Å². The summed E-state index contributed by atoms with van der Waals surface area (Å²) in [4.78, 5) is 24.7. The maximum absolute atomic E-state index is 12.6. The smallest absolute Gasteiger partial charge is 0.408 e. The molecule has 1 amide bonds. The van der Waals surface area contributed by atoms with Gasteiger partial charge in [0.1, 0.15) is 12.1 Å². The van der Waals surface area contributed by atoms with Gasteiger partial charge in [-0.25, -0.2) is 9.59 Å². The van der Waals surface area contributed by atoms with Crippen LogP contribution in [0, 0.1) is 0 Å². The van der Waals surface area contributed by atoms with Gasteiger partial charge >= 0.3 is 12.1 Å². The van der Waals surface area contributed by atoms with Crippen molar-refractivity contribution < 1.29 is 23.6 Å². The number of fused-ring (bicyclic) bond motifs is 5. The zero-order chi connectivity index (χ0) is 20.9. The van der Waals surface area contributed by atoms with E-state index >= 15 is 0 Å². The summed E-state index contributed by atoms with van der Waals surface area (Å²) in [7, 11) is -1.01. The molecule has 2 aromatic carbocycles. The molecule has 0 spiro atoms. The highest BCUT2D eigenvalue weighted by Crippen LogP contribution is 2.45. The van der Waals surface area contributed by atoms with E-state index in [1.165, 1.54) is 0 Å². The number of ether oxygens (including phenoxy) is 1. The van der Waals surface area contributed by atoms with Crippen molar-refractivity contribution in [3.8, 4) is 11.1 Å². The quantitative estimate of drug-likeness (QED) is 0.783. The number of hydrogen-bond donors (Lipinski definition) is 2. The molecule has 0 aromatic heterocycles. The Labute approximate surface area is 177 Å². The molecule has 2 fully saturated rings. The lowest BCUT2D eigenvalue weighted by Crippen LogP contribution is -2.60. The molecule has 2 aliphatic heterocycles. The third-order valence-electron chi connectivity index (χ3n) is 6.71. The number of aliphatic carboxylic acids is 1. The zero-order valence-corrected chi connectivity index (χ0v) is 17.2. The predicted octanol–water partition coefficient (Wildman–Crippen LogP) is 3.42. The summed E-state index contributed by atoms with van der Waals surface area (Å²) in [6.07, 6.45) is 1.15. The Morgan fingerprint density at radius 1 is 1.00 bits per heavy atom. The van der Waals surface area contributed by atoms with Crippen molar-refractivity contribution >= 4 is 22.9 Å². The van der Waals surface area contributed by atoms with Gasteiger partial charge < -0.3 is 15.2 Å². The summed E-state index contributed by atoms with van der Waals surface area (Å²) in [6, 6.07) is 16.1. The Kier molecular flexibility index (Phi) is 4.65. The van der Waals surface area contributed by atoms with E-state index in [1.807, 2.05) is 36.4 Å². The summed E-state index contributed by atoms with van der Waals surface area (Å²) >= 11 is 0. The van der Waals surface area contributed by atoms with Crippen molar-refractivity contribution in [1.82, 2.24) is 5.32 Å². The van der Waals surface area contributed by atoms with Gasteiger partial charge in [-0.2, -0.15) is 0 Å². The fraction of sp³-hybridized carbons (Fsp3) is 0.391. The molecule has 6 nitrogen and oxygen atoms in total. The summed E-state index contributed by atoms with van der Waals surface area (Å²) in [5.41, 5.74) is 3.07. The van der Waals surface area contributed by atoms with Gasteiger partial charge in [-0.3, -0.25) is 4.21 Å². The summed E-state index contributed by atoms with van der Waals surface area (Å²) < 4.78 is 17.8. The number of alkyl carbamates (subject to hydrolysis) is 1. The van der Waals surface area contributed by atoms with E-state index in [-0.39, 0.29) is 35.9 Å². The van der Waals surface area contributed by atoms with Crippen LogP contribution in [-0.4, -0.2) is 44.0 Å². The Balaban J connectivity index is 1.32. The first-order valence-corrected chi connectivity index (χ1v) is 11.5. The average molecular weight is 426 g/mol. The molecule has 1 aliphatic carbocycles. The van der Waals surface area contributed by atoms with Crippen LogP contribution in [0.5, 0.6) is 0 Å². The van der Waals surface area contributed by atoms with Gasteiger partial charge in [-0.1, -0.05) is 48.5 Å². The van der Waals surface area contributed by atoms with Crippen LogP contribution < -0.4 is 5.32 Å². The molecule has 2 aromatic rings. The number of benzene rings is 2. The first-order chi connectivity index (χ1) is 14.5. The lowest BCUT2D eigenvalue weighted by molar-refractivity contribution is -0.145. The molecule has 5 rings (SSSR count). The van der Waals surface area contributed by atoms with Gasteiger partial charge in [0.2, 0.25) is 0 Å². The first kappa shape index (κ1) is 19.3. The van der Waals surface area contributed by atoms with Crippen LogP contribution in [0.25, 0.3) is 11.1 Å². The van der Waals surface area contributed by atoms with Gasteiger partial charge in [0, 0.05) is 27.2 Å². The minimum Gasteiger partial charge on any atom is -0.480 e. The molecule has 30 heavy (non-hydrogen) atoms. The fourth-order valence-corrected chi connectivity index (χ4v) is 7.44. The third kappa shape index (κ3) is 3.03. The minimum atomic E-state index is -1.40. The second-order valence-corrected chi connectivity index (χ2v) is 10.4. The van der Waals surface area contributed by atoms with Gasteiger partial charge in [-0.05, 0) is 47.9 Å². The highest BCUT2D eigenvalue weighted by atomic mass is 32.2. The molecule has 156 valence electrons. The van der Waals surface area contributed by atoms with E-state index < -0.39 is 28.4 Å². The van der Waals surface area contributed by atoms with Crippen LogP contribution in [0.2, 0.25) is 0 Å². The number of amides is 1. The highest BCUT2D eigenvalue weighted by Gasteiger charge is 2.53. The number of carboxylic acid groups (broad SMARTS) is 1. The first-order valence-electron chi connectivity index (χ1n) is 10.2. The Morgan fingerprint density at radius 2 is 1.53 bits per heavy atom. The van der Waals surface area contributed by atoms with Crippen LogP contribution in [0.15, 0.2) is 48.5 Å². The van der Waals surface area contributed by atoms with Crippen LogP contribution in [0.1, 0.15) is 42.7 Å². The monoisotopic (exact) mass is 425 g/mol. The van der Waals surface area contributed by atoms with Crippen LogP contribution in [0.3, 0.4) is 0 Å². The number of nitrogens with one attached hydrogen (secondary N) is 1. The van der Waals surface area contributed by atoms with Crippen LogP contribution >= 0.6 is 0 Å². The Hall–Kier alpha value is -2.67. The zero-order valence-electron chi connectivity index (χ0n) is 16.4. The molecule has 0 saturated carbocycles. The molecule has 2 atom stereocenters. The Morgan fingerprint density at radius 3 is 2.07 bits per heavy atom. The number of carbonyl (C=O) groups excluding carboxylic acids is 1. The highest BCUT2D eigenvalue weighted by molar-refractivity contribution is 7.86. The molecule has 2 saturated heterocycles. The molecule has 3 aliphatic rings. The second kappa shape index (κ2) is 7.23. The van der Waals surface area contributed by atoms with E-state index in [0.717, 1.165) is 35.1 Å². The van der Waals surface area contributed by atoms with Gasteiger partial charge in [-0.15, -0.1) is 0 Å². The summed E-state index contributed by atoms with van der Waals surface area (Å²) in [6.45, 7) is 0.133. The third-order valence-corrected chi connectivity index (χ3v) is 8.83. The average Bonchev–Trinajstić information content (AvgIpc) is 3.15. The van der Waals surface area contributed by atoms with Crippen LogP contribution in [-0.2, 0) is 20.3 Å². The Bertz CT molecular complexity index is 990. The van der Waals surface area contributed by atoms with E-state index in [1.54, 1.807) is 0 Å².